The Bertz CT molecular complexity index is 439. The first-order chi connectivity index (χ1) is 8.38. The summed E-state index contributed by atoms with van der Waals surface area (Å²) in [5, 5.41) is 8.79. The first-order valence-electron chi connectivity index (χ1n) is 5.60. The van der Waals surface area contributed by atoms with Crippen LogP contribution in [0.1, 0.15) is 17.7 Å². The molecule has 0 bridgehead atoms. The van der Waals surface area contributed by atoms with Gasteiger partial charge in [-0.15, -0.1) is 0 Å². The second-order valence-electron chi connectivity index (χ2n) is 3.70. The number of aryl methyl sites for hydroxylation is 1. The Labute approximate surface area is 99.9 Å². The van der Waals surface area contributed by atoms with Gasteiger partial charge < -0.3 is 14.3 Å². The Morgan fingerprint density at radius 1 is 1.24 bits per heavy atom. The first-order valence-corrected chi connectivity index (χ1v) is 5.60. The van der Waals surface area contributed by atoms with Gasteiger partial charge in [-0.3, -0.25) is 0 Å². The van der Waals surface area contributed by atoms with Crippen molar-refractivity contribution in [3.63, 3.8) is 0 Å². The van der Waals surface area contributed by atoms with Crippen LogP contribution < -0.4 is 4.74 Å². The van der Waals surface area contributed by atoms with Crippen LogP contribution >= 0.6 is 0 Å². The van der Waals surface area contributed by atoms with Gasteiger partial charge >= 0.3 is 6.08 Å². The average molecular weight is 233 g/mol. The number of benzene rings is 1. The maximum atomic E-state index is 8.79. The van der Waals surface area contributed by atoms with E-state index in [0.717, 1.165) is 12.8 Å². The van der Waals surface area contributed by atoms with E-state index < -0.39 is 0 Å². The van der Waals surface area contributed by atoms with E-state index in [1.165, 1.54) is 11.8 Å². The van der Waals surface area contributed by atoms with Crippen LogP contribution in [0.25, 0.3) is 0 Å². The highest BCUT2D eigenvalue weighted by atomic mass is 16.6. The summed E-state index contributed by atoms with van der Waals surface area (Å²) in [6, 6.07) is 10.2. The van der Waals surface area contributed by atoms with Crippen LogP contribution in [0.5, 0.6) is 6.08 Å². The number of rotatable bonds is 6. The Kier molecular flexibility index (Phi) is 4.16. The van der Waals surface area contributed by atoms with Gasteiger partial charge in [0, 0.05) is 0 Å². The summed E-state index contributed by atoms with van der Waals surface area (Å²) in [6.07, 6.45) is 3.49. The second kappa shape index (κ2) is 6.06. The van der Waals surface area contributed by atoms with Gasteiger partial charge in [-0.2, -0.15) is 4.98 Å². The van der Waals surface area contributed by atoms with Gasteiger partial charge in [0.15, 0.2) is 0 Å². The van der Waals surface area contributed by atoms with Gasteiger partial charge in [0.1, 0.15) is 12.0 Å². The molecule has 1 aromatic heterocycles. The molecule has 0 radical (unpaired) electrons. The summed E-state index contributed by atoms with van der Waals surface area (Å²) >= 11 is 0. The van der Waals surface area contributed by atoms with Crippen LogP contribution in [0.4, 0.5) is 0 Å². The molecule has 0 aliphatic carbocycles. The molecule has 4 nitrogen and oxygen atoms in total. The lowest BCUT2D eigenvalue weighted by molar-refractivity contribution is 0.227. The SMILES string of the molecule is OCc1coc(OCCCc2ccccc2)n1. The molecule has 2 aromatic rings. The van der Waals surface area contributed by atoms with E-state index in [2.05, 4.69) is 17.1 Å². The number of ether oxygens (including phenoxy) is 1. The van der Waals surface area contributed by atoms with E-state index in [1.807, 2.05) is 18.2 Å². The van der Waals surface area contributed by atoms with E-state index in [4.69, 9.17) is 14.3 Å². The average Bonchev–Trinajstić information content (AvgIpc) is 2.84. The fourth-order valence-electron chi connectivity index (χ4n) is 1.51. The minimum absolute atomic E-state index is 0.128. The van der Waals surface area contributed by atoms with Crippen LogP contribution in [0.15, 0.2) is 41.0 Å². The summed E-state index contributed by atoms with van der Waals surface area (Å²) in [4.78, 5) is 3.93. The van der Waals surface area contributed by atoms with E-state index in [1.54, 1.807) is 0 Å². The summed E-state index contributed by atoms with van der Waals surface area (Å²) in [7, 11) is 0. The van der Waals surface area contributed by atoms with Crippen molar-refractivity contribution >= 4 is 0 Å². The molecule has 1 aromatic carbocycles. The predicted molar refractivity (Wildman–Crippen MR) is 62.7 cm³/mol. The third-order valence-corrected chi connectivity index (χ3v) is 2.37. The molecule has 0 amide bonds. The van der Waals surface area contributed by atoms with Crippen LogP contribution in [-0.2, 0) is 13.0 Å². The molecule has 0 unspecified atom stereocenters. The minimum atomic E-state index is -0.128. The quantitative estimate of drug-likeness (QED) is 0.777. The molecule has 17 heavy (non-hydrogen) atoms. The molecule has 0 spiro atoms. The standard InChI is InChI=1S/C13H15NO3/c15-9-12-10-17-13(14-12)16-8-4-7-11-5-2-1-3-6-11/h1-3,5-6,10,15H,4,7-9H2. The molecule has 4 heteroatoms. The molecule has 0 aliphatic heterocycles. The normalized spacial score (nSPS) is 10.4. The van der Waals surface area contributed by atoms with Crippen molar-refractivity contribution in [2.75, 3.05) is 6.61 Å². The van der Waals surface area contributed by atoms with Crippen molar-refractivity contribution < 1.29 is 14.3 Å². The maximum absolute atomic E-state index is 8.79. The molecule has 1 N–H and O–H groups in total. The first kappa shape index (κ1) is 11.7. The number of aromatic nitrogens is 1. The molecule has 0 aliphatic rings. The van der Waals surface area contributed by atoms with Gasteiger partial charge in [0.05, 0.1) is 13.2 Å². The van der Waals surface area contributed by atoms with Crippen molar-refractivity contribution in [3.05, 3.63) is 47.9 Å². The number of aliphatic hydroxyl groups is 1. The van der Waals surface area contributed by atoms with E-state index in [0.29, 0.717) is 12.3 Å². The van der Waals surface area contributed by atoms with Crippen LogP contribution in [0.2, 0.25) is 0 Å². The number of nitrogens with zero attached hydrogens (tertiary/aromatic N) is 1. The smallest absolute Gasteiger partial charge is 0.393 e. The highest BCUT2D eigenvalue weighted by Gasteiger charge is 2.03. The summed E-state index contributed by atoms with van der Waals surface area (Å²) in [5.74, 6) is 0. The Balaban J connectivity index is 1.69. The van der Waals surface area contributed by atoms with Crippen LogP contribution in [0.3, 0.4) is 0 Å². The predicted octanol–water partition coefficient (Wildman–Crippen LogP) is 2.18. The monoisotopic (exact) mass is 233 g/mol. The summed E-state index contributed by atoms with van der Waals surface area (Å²) in [5.41, 5.74) is 1.78. The highest BCUT2D eigenvalue weighted by molar-refractivity contribution is 5.14. The van der Waals surface area contributed by atoms with Gasteiger partial charge in [-0.05, 0) is 18.4 Å². The van der Waals surface area contributed by atoms with Crippen molar-refractivity contribution in [2.45, 2.75) is 19.4 Å². The number of hydrogen-bond acceptors (Lipinski definition) is 4. The lowest BCUT2D eigenvalue weighted by atomic mass is 10.1. The van der Waals surface area contributed by atoms with Crippen molar-refractivity contribution in [2.24, 2.45) is 0 Å². The molecule has 1 heterocycles. The van der Waals surface area contributed by atoms with Gasteiger partial charge in [-0.1, -0.05) is 30.3 Å². The van der Waals surface area contributed by atoms with Crippen LogP contribution in [0, 0.1) is 0 Å². The van der Waals surface area contributed by atoms with Gasteiger partial charge in [0.2, 0.25) is 0 Å². The lowest BCUT2D eigenvalue weighted by Crippen LogP contribution is -1.99. The number of oxazole rings is 1. The third-order valence-electron chi connectivity index (χ3n) is 2.37. The summed E-state index contributed by atoms with van der Waals surface area (Å²) in [6.45, 7) is 0.428. The maximum Gasteiger partial charge on any atom is 0.393 e. The number of aliphatic hydroxyl groups excluding tert-OH is 1. The zero-order valence-electron chi connectivity index (χ0n) is 9.50. The molecule has 0 atom stereocenters. The molecular weight excluding hydrogens is 218 g/mol. The molecule has 2 rings (SSSR count). The van der Waals surface area contributed by atoms with Crippen molar-refractivity contribution in [1.82, 2.24) is 4.98 Å². The molecule has 0 fully saturated rings. The lowest BCUT2D eigenvalue weighted by Gasteiger charge is -2.01. The highest BCUT2D eigenvalue weighted by Crippen LogP contribution is 2.10. The van der Waals surface area contributed by atoms with Crippen molar-refractivity contribution in [1.29, 1.82) is 0 Å². The number of hydrogen-bond donors (Lipinski definition) is 1. The Hall–Kier alpha value is -1.81. The largest absolute Gasteiger partial charge is 0.450 e. The molecule has 90 valence electrons. The van der Waals surface area contributed by atoms with E-state index in [-0.39, 0.29) is 12.7 Å². The van der Waals surface area contributed by atoms with E-state index >= 15 is 0 Å². The van der Waals surface area contributed by atoms with E-state index in [9.17, 15) is 0 Å². The van der Waals surface area contributed by atoms with Crippen molar-refractivity contribution in [3.8, 4) is 6.08 Å². The van der Waals surface area contributed by atoms with Gasteiger partial charge in [-0.25, -0.2) is 0 Å². The summed E-state index contributed by atoms with van der Waals surface area (Å²) < 4.78 is 10.3. The Morgan fingerprint density at radius 3 is 2.76 bits per heavy atom. The topological polar surface area (TPSA) is 55.5 Å². The molecular formula is C13H15NO3. The fourth-order valence-corrected chi connectivity index (χ4v) is 1.51. The van der Waals surface area contributed by atoms with Gasteiger partial charge in [0.25, 0.3) is 0 Å². The molecule has 0 saturated carbocycles. The fraction of sp³-hybridized carbons (Fsp3) is 0.308. The zero-order chi connectivity index (χ0) is 11.9. The van der Waals surface area contributed by atoms with Crippen LogP contribution in [-0.4, -0.2) is 16.7 Å². The third kappa shape index (κ3) is 3.60. The molecule has 0 saturated heterocycles. The Morgan fingerprint density at radius 2 is 2.06 bits per heavy atom. The second-order valence-corrected chi connectivity index (χ2v) is 3.70. The minimum Gasteiger partial charge on any atom is -0.450 e. The zero-order valence-corrected chi connectivity index (χ0v) is 9.50.